The van der Waals surface area contributed by atoms with E-state index in [2.05, 4.69) is 51.1 Å². The molecule has 1 aromatic heterocycles. The van der Waals surface area contributed by atoms with Gasteiger partial charge in [-0.1, -0.05) is 30.3 Å². The number of methoxy groups -OCH3 is 1. The monoisotopic (exact) mass is 570 g/mol. The van der Waals surface area contributed by atoms with E-state index >= 15 is 0 Å². The summed E-state index contributed by atoms with van der Waals surface area (Å²) in [4.78, 5) is 7.32. The fourth-order valence-corrected chi connectivity index (χ4v) is 5.53. The van der Waals surface area contributed by atoms with Crippen LogP contribution in [0.25, 0.3) is 11.3 Å². The molecule has 1 saturated heterocycles. The molecule has 8 heteroatoms. The van der Waals surface area contributed by atoms with Crippen molar-refractivity contribution in [3.05, 3.63) is 82.9 Å². The molecule has 3 heterocycles. The Morgan fingerprint density at radius 3 is 2.45 bits per heavy atom. The lowest BCUT2D eigenvalue weighted by molar-refractivity contribution is -0.101. The predicted octanol–water partition coefficient (Wildman–Crippen LogP) is 5.62. The molecule has 6 nitrogen and oxygen atoms in total. The summed E-state index contributed by atoms with van der Waals surface area (Å²) in [6.07, 6.45) is 6.83. The molecule has 3 aromatic rings. The highest BCUT2D eigenvalue weighted by Crippen LogP contribution is 2.34. The third-order valence-corrected chi connectivity index (χ3v) is 8.27. The second kappa shape index (κ2) is 13.3. The van der Waals surface area contributed by atoms with Crippen LogP contribution in [0.3, 0.4) is 0 Å². The Balaban J connectivity index is 0.000000639. The Bertz CT molecular complexity index is 1400. The molecule has 1 unspecified atom stereocenters. The van der Waals surface area contributed by atoms with Gasteiger partial charge >= 0.3 is 0 Å². The lowest BCUT2D eigenvalue weighted by Crippen LogP contribution is -2.53. The van der Waals surface area contributed by atoms with Crippen molar-refractivity contribution in [2.75, 3.05) is 33.4 Å². The van der Waals surface area contributed by atoms with Crippen LogP contribution in [0.2, 0.25) is 6.32 Å². The molecule has 1 aliphatic carbocycles. The molecule has 42 heavy (non-hydrogen) atoms. The summed E-state index contributed by atoms with van der Waals surface area (Å²) >= 11 is 0. The van der Waals surface area contributed by atoms with Crippen LogP contribution in [0.1, 0.15) is 56.4 Å². The van der Waals surface area contributed by atoms with E-state index < -0.39 is 5.72 Å². The van der Waals surface area contributed by atoms with E-state index in [0.29, 0.717) is 5.92 Å². The van der Waals surface area contributed by atoms with Crippen molar-refractivity contribution >= 4 is 12.7 Å². The summed E-state index contributed by atoms with van der Waals surface area (Å²) in [5, 5.41) is 0. The molecule has 0 bridgehead atoms. The second-order valence-electron chi connectivity index (χ2n) is 11.8. The summed E-state index contributed by atoms with van der Waals surface area (Å²) in [5.41, 5.74) is 12.7. The number of ether oxygens (including phenoxy) is 3. The van der Waals surface area contributed by atoms with Gasteiger partial charge in [-0.2, -0.15) is 0 Å². The normalized spacial score (nSPS) is 17.9. The van der Waals surface area contributed by atoms with Gasteiger partial charge in [0.25, 0.3) is 0 Å². The number of nitrogens with zero attached hydrogens (tertiary/aromatic N) is 2. The van der Waals surface area contributed by atoms with E-state index in [4.69, 9.17) is 24.9 Å². The van der Waals surface area contributed by atoms with Crippen molar-refractivity contribution in [1.29, 1.82) is 0 Å². The molecule has 1 radical (unpaired) electrons. The second-order valence-corrected chi connectivity index (χ2v) is 11.8. The van der Waals surface area contributed by atoms with E-state index in [0.717, 1.165) is 73.9 Å². The minimum absolute atomic E-state index is 0.233. The SMILES string of the molecule is COc1cc(CCc2cc3c(c(-c4ccc(F)cc4)n2)[B]CC3C)ccc1OC(C)(C)N1CCOCC1.NC=C1CC1. The maximum atomic E-state index is 13.5. The Kier molecular flexibility index (Phi) is 9.54. The Morgan fingerprint density at radius 2 is 1.81 bits per heavy atom. The van der Waals surface area contributed by atoms with Gasteiger partial charge in [-0.25, -0.2) is 4.39 Å². The Hall–Kier alpha value is -3.36. The highest BCUT2D eigenvalue weighted by atomic mass is 19.1. The van der Waals surface area contributed by atoms with Crippen LogP contribution >= 0.6 is 0 Å². The van der Waals surface area contributed by atoms with Gasteiger partial charge < -0.3 is 19.9 Å². The first-order valence-electron chi connectivity index (χ1n) is 15.0. The number of halogens is 1. The van der Waals surface area contributed by atoms with E-state index in [1.165, 1.54) is 47.1 Å². The molecule has 2 aromatic carbocycles. The van der Waals surface area contributed by atoms with Gasteiger partial charge in [-0.05, 0) is 111 Å². The van der Waals surface area contributed by atoms with Crippen molar-refractivity contribution in [2.45, 2.75) is 64.4 Å². The van der Waals surface area contributed by atoms with Crippen molar-refractivity contribution < 1.29 is 18.6 Å². The predicted molar refractivity (Wildman–Crippen MR) is 167 cm³/mol. The average Bonchev–Trinajstić information content (AvgIpc) is 3.79. The van der Waals surface area contributed by atoms with Crippen molar-refractivity contribution in [1.82, 2.24) is 9.88 Å². The van der Waals surface area contributed by atoms with Crippen LogP contribution in [-0.2, 0) is 17.6 Å². The number of rotatable bonds is 8. The van der Waals surface area contributed by atoms with Crippen molar-refractivity contribution in [2.24, 2.45) is 5.73 Å². The van der Waals surface area contributed by atoms with Gasteiger partial charge in [0.15, 0.2) is 24.5 Å². The van der Waals surface area contributed by atoms with E-state index in [-0.39, 0.29) is 5.82 Å². The number of morpholine rings is 1. The third kappa shape index (κ3) is 7.34. The highest BCUT2D eigenvalue weighted by molar-refractivity contribution is 6.57. The first-order chi connectivity index (χ1) is 20.3. The van der Waals surface area contributed by atoms with Gasteiger partial charge in [0, 0.05) is 18.8 Å². The first kappa shape index (κ1) is 30.1. The lowest BCUT2D eigenvalue weighted by Gasteiger charge is -2.40. The topological polar surface area (TPSA) is 69.8 Å². The highest BCUT2D eigenvalue weighted by Gasteiger charge is 2.31. The molecule has 2 N–H and O–H groups in total. The molecule has 2 aliphatic heterocycles. The van der Waals surface area contributed by atoms with Crippen LogP contribution in [0, 0.1) is 5.82 Å². The molecule has 1 saturated carbocycles. The molecular formula is C34H42BFN3O3. The number of nitrogens with two attached hydrogens (primary N) is 1. The quantitative estimate of drug-likeness (QED) is 0.355. The molecule has 221 valence electrons. The zero-order chi connectivity index (χ0) is 29.7. The van der Waals surface area contributed by atoms with Crippen molar-refractivity contribution in [3.8, 4) is 22.8 Å². The van der Waals surface area contributed by atoms with Crippen molar-refractivity contribution in [3.63, 3.8) is 0 Å². The van der Waals surface area contributed by atoms with E-state index in [1.54, 1.807) is 13.3 Å². The number of allylic oxidation sites excluding steroid dienone is 1. The minimum atomic E-state index is -0.461. The number of hydrogen-bond acceptors (Lipinski definition) is 6. The summed E-state index contributed by atoms with van der Waals surface area (Å²) < 4.78 is 31.2. The zero-order valence-electron chi connectivity index (χ0n) is 25.3. The van der Waals surface area contributed by atoms with E-state index in [1.807, 2.05) is 18.2 Å². The fourth-order valence-electron chi connectivity index (χ4n) is 5.53. The minimum Gasteiger partial charge on any atom is -0.493 e. The maximum absolute atomic E-state index is 13.5. The number of hydrogen-bond donors (Lipinski definition) is 1. The van der Waals surface area contributed by atoms with Crippen LogP contribution in [-0.4, -0.2) is 56.3 Å². The van der Waals surface area contributed by atoms with Gasteiger partial charge in [-0.15, -0.1) is 0 Å². The smallest absolute Gasteiger partial charge is 0.163 e. The van der Waals surface area contributed by atoms with Gasteiger partial charge in [0.05, 0.1) is 26.0 Å². The lowest BCUT2D eigenvalue weighted by atomic mass is 9.70. The van der Waals surface area contributed by atoms with Gasteiger partial charge in [0.2, 0.25) is 0 Å². The summed E-state index contributed by atoms with van der Waals surface area (Å²) in [6, 6.07) is 15.1. The molecule has 1 atom stereocenters. The largest absolute Gasteiger partial charge is 0.493 e. The maximum Gasteiger partial charge on any atom is 0.163 e. The average molecular weight is 571 g/mol. The van der Waals surface area contributed by atoms with Crippen LogP contribution < -0.4 is 20.7 Å². The summed E-state index contributed by atoms with van der Waals surface area (Å²) in [7, 11) is 3.94. The van der Waals surface area contributed by atoms with Crippen LogP contribution in [0.5, 0.6) is 11.5 Å². The number of benzene rings is 2. The first-order valence-corrected chi connectivity index (χ1v) is 15.0. The molecule has 2 fully saturated rings. The van der Waals surface area contributed by atoms with E-state index in [9.17, 15) is 4.39 Å². The Morgan fingerprint density at radius 1 is 1.07 bits per heavy atom. The van der Waals surface area contributed by atoms with Gasteiger partial charge in [0.1, 0.15) is 5.82 Å². The molecule has 0 spiro atoms. The summed E-state index contributed by atoms with van der Waals surface area (Å²) in [5.74, 6) is 1.70. The molecular weight excluding hydrogens is 528 g/mol. The molecule has 3 aliphatic rings. The standard InChI is InChI=1S/C30H35BFN2O3.C4H7N/c1-20-19-31-28-25(20)18-24(33-29(28)22-7-9-23(32)10-8-22)11-5-21-6-12-26(27(17-21)35-4)37-30(2,3)34-13-15-36-16-14-34;5-3-4-1-2-4/h6-10,12,17-18,20H,5,11,13-16,19H2,1-4H3;3H,1-2,5H2. The van der Waals surface area contributed by atoms with Gasteiger partial charge in [-0.3, -0.25) is 9.88 Å². The zero-order valence-corrected chi connectivity index (χ0v) is 25.3. The Labute approximate surface area is 250 Å². The number of aromatic nitrogens is 1. The van der Waals surface area contributed by atoms with Crippen LogP contribution in [0.15, 0.2) is 60.3 Å². The number of fused-ring (bicyclic) bond motifs is 1. The fraction of sp³-hybridized carbons (Fsp3) is 0.441. The molecule has 6 rings (SSSR count). The molecule has 0 amide bonds. The van der Waals surface area contributed by atoms with Crippen LogP contribution in [0.4, 0.5) is 4.39 Å². The number of pyridine rings is 1. The summed E-state index contributed by atoms with van der Waals surface area (Å²) in [6.45, 7) is 9.56. The number of aryl methyl sites for hydroxylation is 2. The third-order valence-electron chi connectivity index (χ3n) is 8.27.